The molecule has 1 aliphatic rings. The number of fused-ring (bicyclic) bond motifs is 1. The van der Waals surface area contributed by atoms with Crippen molar-refractivity contribution in [2.45, 2.75) is 31.7 Å². The number of halogens is 3. The molecule has 0 saturated heterocycles. The highest BCUT2D eigenvalue weighted by Gasteiger charge is 2.33. The van der Waals surface area contributed by atoms with Crippen LogP contribution in [0.15, 0.2) is 24.3 Å². The zero-order valence-corrected chi connectivity index (χ0v) is 11.8. The first-order chi connectivity index (χ1) is 9.94. The molecular formula is C14H13F3N2OS. The first-order valence-electron chi connectivity index (χ1n) is 6.53. The topological polar surface area (TPSA) is 48.1 Å². The van der Waals surface area contributed by atoms with Crippen molar-refractivity contribution < 1.29 is 17.9 Å². The van der Waals surface area contributed by atoms with E-state index in [1.165, 1.54) is 34.4 Å². The second-order valence-corrected chi connectivity index (χ2v) is 5.95. The molecule has 0 bridgehead atoms. The van der Waals surface area contributed by atoms with Crippen molar-refractivity contribution in [1.29, 1.82) is 0 Å². The van der Waals surface area contributed by atoms with E-state index in [0.717, 1.165) is 25.0 Å². The maximum atomic E-state index is 12.4. The Morgan fingerprint density at radius 3 is 2.71 bits per heavy atom. The van der Waals surface area contributed by atoms with Crippen LogP contribution >= 0.6 is 11.3 Å². The number of nitrogens with zero attached hydrogens (tertiary/aromatic N) is 1. The minimum absolute atomic E-state index is 0.271. The van der Waals surface area contributed by atoms with Crippen molar-refractivity contribution in [3.05, 3.63) is 45.4 Å². The predicted octanol–water partition coefficient (Wildman–Crippen LogP) is 3.58. The van der Waals surface area contributed by atoms with Gasteiger partial charge in [-0.2, -0.15) is 0 Å². The number of aromatic nitrogens is 1. The highest BCUT2D eigenvalue weighted by atomic mass is 32.1. The highest BCUT2D eigenvalue weighted by Crippen LogP contribution is 2.36. The molecule has 1 atom stereocenters. The lowest BCUT2D eigenvalue weighted by Crippen LogP contribution is -2.20. The molecule has 0 saturated carbocycles. The van der Waals surface area contributed by atoms with Gasteiger partial charge in [-0.25, -0.2) is 4.98 Å². The molecule has 112 valence electrons. The molecule has 2 N–H and O–H groups in total. The molecule has 3 nitrogen and oxygen atoms in total. The molecule has 1 unspecified atom stereocenters. The van der Waals surface area contributed by atoms with Gasteiger partial charge in [-0.05, 0) is 25.3 Å². The Morgan fingerprint density at radius 2 is 2.00 bits per heavy atom. The summed E-state index contributed by atoms with van der Waals surface area (Å²) in [5, 5.41) is 0.637. The van der Waals surface area contributed by atoms with E-state index in [4.69, 9.17) is 5.73 Å². The molecule has 1 heterocycles. The summed E-state index contributed by atoms with van der Waals surface area (Å²) >= 11 is 1.48. The van der Waals surface area contributed by atoms with Gasteiger partial charge in [0.1, 0.15) is 10.8 Å². The maximum absolute atomic E-state index is 12.4. The zero-order chi connectivity index (χ0) is 15.0. The molecule has 0 aliphatic heterocycles. The van der Waals surface area contributed by atoms with Gasteiger partial charge in [0.15, 0.2) is 0 Å². The van der Waals surface area contributed by atoms with Gasteiger partial charge < -0.3 is 10.5 Å². The average Bonchev–Trinajstić information content (AvgIpc) is 2.97. The van der Waals surface area contributed by atoms with Crippen LogP contribution in [0.25, 0.3) is 0 Å². The third kappa shape index (κ3) is 3.03. The number of para-hydroxylation sites is 1. The average molecular weight is 314 g/mol. The van der Waals surface area contributed by atoms with Crippen molar-refractivity contribution >= 4 is 11.3 Å². The van der Waals surface area contributed by atoms with Gasteiger partial charge in [0.05, 0.1) is 11.7 Å². The van der Waals surface area contributed by atoms with Crippen LogP contribution in [-0.4, -0.2) is 11.3 Å². The van der Waals surface area contributed by atoms with Crippen LogP contribution in [0.5, 0.6) is 5.75 Å². The first kappa shape index (κ1) is 14.3. The number of rotatable bonds is 3. The summed E-state index contributed by atoms with van der Waals surface area (Å²) in [4.78, 5) is 5.65. The number of thiazole rings is 1. The number of alkyl halides is 3. The lowest BCUT2D eigenvalue weighted by Gasteiger charge is -2.16. The number of ether oxygens (including phenoxy) is 1. The fraction of sp³-hybridized carbons (Fsp3) is 0.357. The van der Waals surface area contributed by atoms with Crippen molar-refractivity contribution in [3.63, 3.8) is 0 Å². The van der Waals surface area contributed by atoms with Crippen LogP contribution in [0.2, 0.25) is 0 Å². The van der Waals surface area contributed by atoms with E-state index in [9.17, 15) is 13.2 Å². The Labute approximate surface area is 123 Å². The van der Waals surface area contributed by atoms with E-state index in [1.807, 2.05) is 0 Å². The quantitative estimate of drug-likeness (QED) is 0.942. The molecule has 1 aromatic carbocycles. The Bertz CT molecular complexity index is 632. The van der Waals surface area contributed by atoms with Gasteiger partial charge in [0, 0.05) is 10.4 Å². The minimum atomic E-state index is -4.74. The van der Waals surface area contributed by atoms with Crippen LogP contribution < -0.4 is 10.5 Å². The zero-order valence-electron chi connectivity index (χ0n) is 11.0. The summed E-state index contributed by atoms with van der Waals surface area (Å²) in [7, 11) is 0. The van der Waals surface area contributed by atoms with Crippen LogP contribution in [0.1, 0.15) is 33.6 Å². The van der Waals surface area contributed by atoms with Crippen molar-refractivity contribution in [1.82, 2.24) is 4.98 Å². The van der Waals surface area contributed by atoms with Crippen molar-refractivity contribution in [3.8, 4) is 5.75 Å². The maximum Gasteiger partial charge on any atom is 0.573 e. The van der Waals surface area contributed by atoms with Gasteiger partial charge in [-0.15, -0.1) is 24.5 Å². The lowest BCUT2D eigenvalue weighted by molar-refractivity contribution is -0.274. The van der Waals surface area contributed by atoms with E-state index in [-0.39, 0.29) is 5.75 Å². The SMILES string of the molecule is NC(c1nc2c(s1)CCC2)c1ccccc1OC(F)(F)F. The standard InChI is InChI=1S/C14H13F3N2OS/c15-14(16,17)20-10-6-2-1-4-8(10)12(18)13-19-9-5-3-7-11(9)21-13/h1-2,4,6,12H,3,5,7,18H2. The van der Waals surface area contributed by atoms with Crippen LogP contribution in [0.3, 0.4) is 0 Å². The van der Waals surface area contributed by atoms with Crippen LogP contribution in [0.4, 0.5) is 13.2 Å². The third-order valence-electron chi connectivity index (χ3n) is 3.36. The minimum Gasteiger partial charge on any atom is -0.405 e. The van der Waals surface area contributed by atoms with Gasteiger partial charge in [0.2, 0.25) is 0 Å². The van der Waals surface area contributed by atoms with Gasteiger partial charge in [-0.1, -0.05) is 18.2 Å². The highest BCUT2D eigenvalue weighted by molar-refractivity contribution is 7.11. The first-order valence-corrected chi connectivity index (χ1v) is 7.34. The molecule has 1 aliphatic carbocycles. The van der Waals surface area contributed by atoms with E-state index in [0.29, 0.717) is 10.6 Å². The number of hydrogen-bond donors (Lipinski definition) is 1. The summed E-state index contributed by atoms with van der Waals surface area (Å²) in [5.41, 5.74) is 7.42. The lowest BCUT2D eigenvalue weighted by atomic mass is 10.1. The smallest absolute Gasteiger partial charge is 0.405 e. The predicted molar refractivity (Wildman–Crippen MR) is 73.3 cm³/mol. The second-order valence-electron chi connectivity index (χ2n) is 4.84. The van der Waals surface area contributed by atoms with Gasteiger partial charge in [0.25, 0.3) is 0 Å². The summed E-state index contributed by atoms with van der Waals surface area (Å²) in [6.07, 6.45) is -1.77. The Balaban J connectivity index is 1.91. The van der Waals surface area contributed by atoms with E-state index >= 15 is 0 Å². The molecular weight excluding hydrogens is 301 g/mol. The van der Waals surface area contributed by atoms with Crippen LogP contribution in [-0.2, 0) is 12.8 Å². The molecule has 0 spiro atoms. The second kappa shape index (κ2) is 5.31. The normalized spacial score (nSPS) is 15.8. The van der Waals surface area contributed by atoms with E-state index < -0.39 is 12.4 Å². The summed E-state index contributed by atoms with van der Waals surface area (Å²) in [6.45, 7) is 0. The number of benzene rings is 1. The number of hydrogen-bond acceptors (Lipinski definition) is 4. The number of nitrogens with two attached hydrogens (primary N) is 1. The molecule has 0 fully saturated rings. The summed E-state index contributed by atoms with van der Waals surface area (Å²) < 4.78 is 41.4. The Kier molecular flexibility index (Phi) is 3.62. The molecule has 3 rings (SSSR count). The Hall–Kier alpha value is -1.60. The Morgan fingerprint density at radius 1 is 1.24 bits per heavy atom. The molecule has 2 aromatic rings. The van der Waals surface area contributed by atoms with Gasteiger partial charge >= 0.3 is 6.36 Å². The van der Waals surface area contributed by atoms with E-state index in [2.05, 4.69) is 9.72 Å². The summed E-state index contributed by atoms with van der Waals surface area (Å²) in [5.74, 6) is -0.271. The molecule has 1 aromatic heterocycles. The molecule has 7 heteroatoms. The summed E-state index contributed by atoms with van der Waals surface area (Å²) in [6, 6.07) is 5.22. The van der Waals surface area contributed by atoms with Crippen molar-refractivity contribution in [2.24, 2.45) is 5.73 Å². The van der Waals surface area contributed by atoms with Crippen LogP contribution in [0, 0.1) is 0 Å². The molecule has 21 heavy (non-hydrogen) atoms. The van der Waals surface area contributed by atoms with E-state index in [1.54, 1.807) is 6.07 Å². The largest absolute Gasteiger partial charge is 0.573 e. The molecule has 0 amide bonds. The fourth-order valence-electron chi connectivity index (χ4n) is 2.43. The van der Waals surface area contributed by atoms with Gasteiger partial charge in [-0.3, -0.25) is 0 Å². The fourth-order valence-corrected chi connectivity index (χ4v) is 3.61. The molecule has 0 radical (unpaired) electrons. The van der Waals surface area contributed by atoms with Crippen molar-refractivity contribution in [2.75, 3.05) is 0 Å². The monoisotopic (exact) mass is 314 g/mol. The third-order valence-corrected chi connectivity index (χ3v) is 4.60. The number of aryl methyl sites for hydroxylation is 2.